The van der Waals surface area contributed by atoms with Gasteiger partial charge in [-0.1, -0.05) is 18.2 Å². The van der Waals surface area contributed by atoms with Gasteiger partial charge in [-0.2, -0.15) is 0 Å². The lowest BCUT2D eigenvalue weighted by molar-refractivity contribution is -0.125. The zero-order valence-corrected chi connectivity index (χ0v) is 13.1. The number of benzene rings is 1. The van der Waals surface area contributed by atoms with Crippen molar-refractivity contribution in [2.24, 2.45) is 0 Å². The van der Waals surface area contributed by atoms with Gasteiger partial charge in [-0.3, -0.25) is 4.79 Å². The van der Waals surface area contributed by atoms with Crippen LogP contribution in [0.1, 0.15) is 24.0 Å². The van der Waals surface area contributed by atoms with Crippen LogP contribution in [-0.2, 0) is 4.79 Å². The van der Waals surface area contributed by atoms with Gasteiger partial charge >= 0.3 is 0 Å². The van der Waals surface area contributed by atoms with Gasteiger partial charge in [-0.25, -0.2) is 0 Å². The summed E-state index contributed by atoms with van der Waals surface area (Å²) in [5.74, 6) is 0.487. The maximum absolute atomic E-state index is 11.8. The Morgan fingerprint density at radius 3 is 2.18 bits per heavy atom. The molecule has 0 saturated heterocycles. The van der Waals surface area contributed by atoms with Crippen LogP contribution in [0.3, 0.4) is 0 Å². The maximum atomic E-state index is 11.8. The Balaban J connectivity index is 2.40. The van der Waals surface area contributed by atoms with Crippen molar-refractivity contribution in [3.8, 4) is 5.75 Å². The third kappa shape index (κ3) is 4.98. The second-order valence-electron chi connectivity index (χ2n) is 5.48. The normalized spacial score (nSPS) is 11.3. The number of para-hydroxylation sites is 1. The molecule has 0 aliphatic heterocycles. The van der Waals surface area contributed by atoms with Crippen LogP contribution < -0.4 is 10.1 Å². The van der Waals surface area contributed by atoms with Crippen LogP contribution in [0, 0.1) is 13.8 Å². The second kappa shape index (κ2) is 8.73. The number of carbonyl (C=O) groups excluding carboxylic acids is 1. The highest BCUT2D eigenvalue weighted by atomic mass is 16.5. The standard InChI is InChI=1S/C16H25NO5/c1-12-5-3-6-13(2)15(12)22-8-4-7-14(21)17-16(9-18,10-19)11-20/h3,5-6,18-20H,4,7-11H2,1-2H3,(H,17,21). The van der Waals surface area contributed by atoms with E-state index in [4.69, 9.17) is 20.1 Å². The average molecular weight is 311 g/mol. The minimum atomic E-state index is -1.37. The van der Waals surface area contributed by atoms with Gasteiger partial charge in [0, 0.05) is 6.42 Å². The molecule has 0 aliphatic carbocycles. The Bertz CT molecular complexity index is 457. The number of amides is 1. The fraction of sp³-hybridized carbons (Fsp3) is 0.562. The molecule has 0 atom stereocenters. The third-order valence-corrected chi connectivity index (χ3v) is 3.52. The summed E-state index contributed by atoms with van der Waals surface area (Å²) in [5.41, 5.74) is 0.721. The van der Waals surface area contributed by atoms with Crippen LogP contribution in [0.25, 0.3) is 0 Å². The van der Waals surface area contributed by atoms with Crippen molar-refractivity contribution >= 4 is 5.91 Å². The molecular weight excluding hydrogens is 286 g/mol. The molecule has 0 aromatic heterocycles. The highest BCUT2D eigenvalue weighted by Crippen LogP contribution is 2.22. The summed E-state index contributed by atoms with van der Waals surface area (Å²) >= 11 is 0. The topological polar surface area (TPSA) is 99.0 Å². The fourth-order valence-electron chi connectivity index (χ4n) is 2.06. The second-order valence-corrected chi connectivity index (χ2v) is 5.48. The van der Waals surface area contributed by atoms with E-state index in [1.807, 2.05) is 32.0 Å². The molecule has 6 heteroatoms. The van der Waals surface area contributed by atoms with E-state index in [1.54, 1.807) is 0 Å². The molecule has 0 saturated carbocycles. The fourth-order valence-corrected chi connectivity index (χ4v) is 2.06. The van der Waals surface area contributed by atoms with Crippen LogP contribution in [0.5, 0.6) is 5.75 Å². The lowest BCUT2D eigenvalue weighted by Crippen LogP contribution is -2.57. The van der Waals surface area contributed by atoms with E-state index < -0.39 is 25.4 Å². The lowest BCUT2D eigenvalue weighted by atomic mass is 10.0. The quantitative estimate of drug-likeness (QED) is 0.492. The Kier molecular flexibility index (Phi) is 7.31. The van der Waals surface area contributed by atoms with Gasteiger partial charge < -0.3 is 25.4 Å². The van der Waals surface area contributed by atoms with Gasteiger partial charge in [0.25, 0.3) is 0 Å². The van der Waals surface area contributed by atoms with Crippen molar-refractivity contribution in [1.82, 2.24) is 5.32 Å². The lowest BCUT2D eigenvalue weighted by Gasteiger charge is -2.28. The minimum absolute atomic E-state index is 0.187. The van der Waals surface area contributed by atoms with Crippen LogP contribution in [-0.4, -0.2) is 53.2 Å². The molecule has 0 spiro atoms. The molecule has 124 valence electrons. The summed E-state index contributed by atoms with van der Waals surface area (Å²) < 4.78 is 5.70. The molecule has 0 fully saturated rings. The third-order valence-electron chi connectivity index (χ3n) is 3.52. The van der Waals surface area contributed by atoms with Crippen molar-refractivity contribution in [2.45, 2.75) is 32.2 Å². The van der Waals surface area contributed by atoms with E-state index in [9.17, 15) is 4.79 Å². The van der Waals surface area contributed by atoms with E-state index in [-0.39, 0.29) is 12.3 Å². The molecule has 0 bridgehead atoms. The number of carbonyl (C=O) groups is 1. The van der Waals surface area contributed by atoms with Gasteiger partial charge in [0.15, 0.2) is 0 Å². The molecule has 4 N–H and O–H groups in total. The summed E-state index contributed by atoms with van der Waals surface area (Å²) in [6, 6.07) is 5.89. The Morgan fingerprint density at radius 2 is 1.68 bits per heavy atom. The zero-order valence-electron chi connectivity index (χ0n) is 13.1. The van der Waals surface area contributed by atoms with Gasteiger partial charge in [-0.15, -0.1) is 0 Å². The van der Waals surface area contributed by atoms with Crippen molar-refractivity contribution in [1.29, 1.82) is 0 Å². The SMILES string of the molecule is Cc1cccc(C)c1OCCCC(=O)NC(CO)(CO)CO. The van der Waals surface area contributed by atoms with Crippen molar-refractivity contribution in [3.63, 3.8) is 0 Å². The number of hydrogen-bond donors (Lipinski definition) is 4. The first-order valence-electron chi connectivity index (χ1n) is 7.30. The predicted molar refractivity (Wildman–Crippen MR) is 82.8 cm³/mol. The highest BCUT2D eigenvalue weighted by Gasteiger charge is 2.29. The molecule has 0 aliphatic rings. The molecule has 0 radical (unpaired) electrons. The van der Waals surface area contributed by atoms with E-state index >= 15 is 0 Å². The highest BCUT2D eigenvalue weighted by molar-refractivity contribution is 5.76. The maximum Gasteiger partial charge on any atom is 0.220 e. The number of aliphatic hydroxyl groups excluding tert-OH is 3. The smallest absolute Gasteiger partial charge is 0.220 e. The van der Waals surface area contributed by atoms with Gasteiger partial charge in [0.2, 0.25) is 5.91 Å². The number of hydrogen-bond acceptors (Lipinski definition) is 5. The minimum Gasteiger partial charge on any atom is -0.493 e. The summed E-state index contributed by atoms with van der Waals surface area (Å²) in [6.07, 6.45) is 0.685. The molecule has 0 unspecified atom stereocenters. The first kappa shape index (κ1) is 18.4. The van der Waals surface area contributed by atoms with E-state index in [0.29, 0.717) is 13.0 Å². The average Bonchev–Trinajstić information content (AvgIpc) is 2.51. The number of aliphatic hydroxyl groups is 3. The summed E-state index contributed by atoms with van der Waals surface area (Å²) in [5, 5.41) is 29.9. The van der Waals surface area contributed by atoms with E-state index in [1.165, 1.54) is 0 Å². The van der Waals surface area contributed by atoms with Crippen LogP contribution in [0.2, 0.25) is 0 Å². The van der Waals surface area contributed by atoms with Gasteiger partial charge in [0.05, 0.1) is 26.4 Å². The van der Waals surface area contributed by atoms with Gasteiger partial charge in [-0.05, 0) is 31.4 Å². The molecule has 1 aromatic rings. The summed E-state index contributed by atoms with van der Waals surface area (Å²) in [6.45, 7) is 2.75. The summed E-state index contributed by atoms with van der Waals surface area (Å²) in [7, 11) is 0. The Labute approximate surface area is 130 Å². The predicted octanol–water partition coefficient (Wildman–Crippen LogP) is 0.294. The Hall–Kier alpha value is -1.63. The number of rotatable bonds is 9. The van der Waals surface area contributed by atoms with Crippen molar-refractivity contribution in [3.05, 3.63) is 29.3 Å². The van der Waals surface area contributed by atoms with Crippen LogP contribution in [0.4, 0.5) is 0 Å². The first-order valence-corrected chi connectivity index (χ1v) is 7.30. The first-order chi connectivity index (χ1) is 10.5. The number of nitrogens with one attached hydrogen (secondary N) is 1. The van der Waals surface area contributed by atoms with Gasteiger partial charge in [0.1, 0.15) is 11.3 Å². The van der Waals surface area contributed by atoms with Crippen molar-refractivity contribution < 1.29 is 24.9 Å². The van der Waals surface area contributed by atoms with Crippen molar-refractivity contribution in [2.75, 3.05) is 26.4 Å². The van der Waals surface area contributed by atoms with E-state index in [0.717, 1.165) is 16.9 Å². The molecule has 22 heavy (non-hydrogen) atoms. The van der Waals surface area contributed by atoms with Crippen LogP contribution in [0.15, 0.2) is 18.2 Å². The van der Waals surface area contributed by atoms with Crippen LogP contribution >= 0.6 is 0 Å². The Morgan fingerprint density at radius 1 is 1.14 bits per heavy atom. The number of ether oxygens (including phenoxy) is 1. The summed E-state index contributed by atoms with van der Waals surface area (Å²) in [4.78, 5) is 11.8. The molecule has 1 rings (SSSR count). The molecular formula is C16H25NO5. The zero-order chi connectivity index (χ0) is 16.6. The van der Waals surface area contributed by atoms with E-state index in [2.05, 4.69) is 5.32 Å². The monoisotopic (exact) mass is 311 g/mol. The number of aryl methyl sites for hydroxylation is 2. The largest absolute Gasteiger partial charge is 0.493 e. The molecule has 0 heterocycles. The molecule has 1 aromatic carbocycles. The molecule has 1 amide bonds. The molecule has 6 nitrogen and oxygen atoms in total.